The Balaban J connectivity index is 2.36. The van der Waals surface area contributed by atoms with E-state index in [0.717, 1.165) is 10.6 Å². The molecule has 3 nitrogen and oxygen atoms in total. The van der Waals surface area contributed by atoms with E-state index in [-0.39, 0.29) is 11.9 Å². The number of carbonyl (C=O) groups is 1. The molecule has 0 fully saturated rings. The lowest BCUT2D eigenvalue weighted by Gasteiger charge is -2.11. The van der Waals surface area contributed by atoms with E-state index in [4.69, 9.17) is 11.6 Å². The second-order valence-electron chi connectivity index (χ2n) is 3.65. The molecule has 0 aliphatic rings. The Morgan fingerprint density at radius 3 is 2.81 bits per heavy atom. The number of halogens is 1. The topological polar surface area (TPSA) is 38.3 Å². The number of benzene rings is 1. The van der Waals surface area contributed by atoms with Gasteiger partial charge in [0.05, 0.1) is 13.0 Å². The fraction of sp³-hybridized carbons (Fsp3) is 0.417. The monoisotopic (exact) mass is 241 g/mol. The van der Waals surface area contributed by atoms with Crippen molar-refractivity contribution in [1.29, 1.82) is 0 Å². The fourth-order valence-electron chi connectivity index (χ4n) is 1.35. The van der Waals surface area contributed by atoms with Gasteiger partial charge in [0.15, 0.2) is 0 Å². The largest absolute Gasteiger partial charge is 0.469 e. The average Bonchev–Trinajstić information content (AvgIpc) is 2.30. The highest BCUT2D eigenvalue weighted by atomic mass is 35.5. The molecule has 0 saturated heterocycles. The zero-order valence-corrected chi connectivity index (χ0v) is 10.3. The normalized spacial score (nSPS) is 12.2. The number of nitrogens with one attached hydrogen (secondary N) is 1. The van der Waals surface area contributed by atoms with E-state index in [1.165, 1.54) is 7.11 Å². The highest BCUT2D eigenvalue weighted by Crippen LogP contribution is 2.14. The highest BCUT2D eigenvalue weighted by Gasteiger charge is 2.12. The lowest BCUT2D eigenvalue weighted by Crippen LogP contribution is -2.27. The Kier molecular flexibility index (Phi) is 5.29. The van der Waals surface area contributed by atoms with Gasteiger partial charge >= 0.3 is 5.97 Å². The molecule has 0 spiro atoms. The van der Waals surface area contributed by atoms with E-state index in [2.05, 4.69) is 10.1 Å². The van der Waals surface area contributed by atoms with Crippen LogP contribution in [0.5, 0.6) is 0 Å². The first-order chi connectivity index (χ1) is 7.65. The van der Waals surface area contributed by atoms with Crippen LogP contribution in [0.2, 0.25) is 5.02 Å². The molecule has 1 N–H and O–H groups in total. The number of hydrogen-bond acceptors (Lipinski definition) is 3. The molecule has 0 radical (unpaired) electrons. The van der Waals surface area contributed by atoms with Crippen LogP contribution in [0.15, 0.2) is 24.3 Å². The van der Waals surface area contributed by atoms with Crippen molar-refractivity contribution in [3.8, 4) is 0 Å². The molecule has 0 saturated carbocycles. The third-order valence-electron chi connectivity index (χ3n) is 2.33. The van der Waals surface area contributed by atoms with Gasteiger partial charge in [0.2, 0.25) is 0 Å². The van der Waals surface area contributed by atoms with Gasteiger partial charge in [-0.15, -0.1) is 0 Å². The van der Waals surface area contributed by atoms with E-state index in [9.17, 15) is 4.79 Å². The molecule has 88 valence electrons. The lowest BCUT2D eigenvalue weighted by molar-refractivity contribution is -0.144. The van der Waals surface area contributed by atoms with Crippen LogP contribution < -0.4 is 5.32 Å². The number of methoxy groups -OCH3 is 1. The summed E-state index contributed by atoms with van der Waals surface area (Å²) >= 11 is 6.00. The van der Waals surface area contributed by atoms with Crippen molar-refractivity contribution >= 4 is 17.6 Å². The van der Waals surface area contributed by atoms with Crippen molar-refractivity contribution in [1.82, 2.24) is 5.32 Å². The van der Waals surface area contributed by atoms with E-state index < -0.39 is 0 Å². The Morgan fingerprint density at radius 1 is 1.50 bits per heavy atom. The molecule has 4 heteroatoms. The predicted octanol–water partition coefficient (Wildman–Crippen LogP) is 2.24. The fourth-order valence-corrected chi connectivity index (χ4v) is 1.55. The predicted molar refractivity (Wildman–Crippen MR) is 64.3 cm³/mol. The number of rotatable bonds is 5. The Hall–Kier alpha value is -1.06. The molecule has 1 aromatic rings. The Bertz CT molecular complexity index is 355. The zero-order valence-electron chi connectivity index (χ0n) is 9.50. The van der Waals surface area contributed by atoms with Crippen molar-refractivity contribution in [2.24, 2.45) is 5.92 Å². The van der Waals surface area contributed by atoms with Gasteiger partial charge in [-0.2, -0.15) is 0 Å². The summed E-state index contributed by atoms with van der Waals surface area (Å²) in [5.41, 5.74) is 1.03. The van der Waals surface area contributed by atoms with Gasteiger partial charge in [-0.05, 0) is 11.6 Å². The van der Waals surface area contributed by atoms with Gasteiger partial charge in [-0.25, -0.2) is 0 Å². The van der Waals surface area contributed by atoms with Crippen LogP contribution in [0, 0.1) is 5.92 Å². The summed E-state index contributed by atoms with van der Waals surface area (Å²) in [6, 6.07) is 7.63. The van der Waals surface area contributed by atoms with Crippen molar-refractivity contribution in [3.63, 3.8) is 0 Å². The minimum Gasteiger partial charge on any atom is -0.469 e. The summed E-state index contributed by atoms with van der Waals surface area (Å²) in [6.45, 7) is 3.06. The first kappa shape index (κ1) is 13.0. The van der Waals surface area contributed by atoms with Gasteiger partial charge in [0, 0.05) is 18.1 Å². The molecule has 0 amide bonds. The van der Waals surface area contributed by atoms with Crippen LogP contribution in [0.4, 0.5) is 0 Å². The minimum absolute atomic E-state index is 0.146. The zero-order chi connectivity index (χ0) is 12.0. The Morgan fingerprint density at radius 2 is 2.19 bits per heavy atom. The number of esters is 1. The quantitative estimate of drug-likeness (QED) is 0.804. The molecule has 0 heterocycles. The second-order valence-corrected chi connectivity index (χ2v) is 4.05. The maximum Gasteiger partial charge on any atom is 0.309 e. The van der Waals surface area contributed by atoms with E-state index in [1.807, 2.05) is 31.2 Å². The summed E-state index contributed by atoms with van der Waals surface area (Å²) < 4.78 is 4.63. The van der Waals surface area contributed by atoms with Crippen LogP contribution >= 0.6 is 11.6 Å². The molecule has 16 heavy (non-hydrogen) atoms. The average molecular weight is 242 g/mol. The van der Waals surface area contributed by atoms with Crippen molar-refractivity contribution in [3.05, 3.63) is 34.9 Å². The minimum atomic E-state index is -0.202. The molecule has 1 unspecified atom stereocenters. The Labute approximate surface area is 101 Å². The van der Waals surface area contributed by atoms with E-state index in [1.54, 1.807) is 0 Å². The van der Waals surface area contributed by atoms with Crippen LogP contribution in [-0.2, 0) is 16.1 Å². The number of ether oxygens (including phenoxy) is 1. The molecule has 1 rings (SSSR count). The lowest BCUT2D eigenvalue weighted by atomic mass is 10.1. The summed E-state index contributed by atoms with van der Waals surface area (Å²) in [5.74, 6) is -0.348. The molecule has 0 aliphatic heterocycles. The second kappa shape index (κ2) is 6.51. The van der Waals surface area contributed by atoms with E-state index >= 15 is 0 Å². The van der Waals surface area contributed by atoms with Crippen molar-refractivity contribution in [2.45, 2.75) is 13.5 Å². The van der Waals surface area contributed by atoms with Gasteiger partial charge in [-0.3, -0.25) is 4.79 Å². The maximum atomic E-state index is 11.1. The van der Waals surface area contributed by atoms with Crippen LogP contribution in [-0.4, -0.2) is 19.6 Å². The first-order valence-corrected chi connectivity index (χ1v) is 5.55. The van der Waals surface area contributed by atoms with E-state index in [0.29, 0.717) is 13.1 Å². The SMILES string of the molecule is COC(=O)C(C)CNCc1ccccc1Cl. The molecular formula is C12H16ClNO2. The number of hydrogen-bond donors (Lipinski definition) is 1. The third-order valence-corrected chi connectivity index (χ3v) is 2.70. The summed E-state index contributed by atoms with van der Waals surface area (Å²) in [7, 11) is 1.40. The van der Waals surface area contributed by atoms with Gasteiger partial charge in [0.25, 0.3) is 0 Å². The van der Waals surface area contributed by atoms with Crippen molar-refractivity contribution in [2.75, 3.05) is 13.7 Å². The highest BCUT2D eigenvalue weighted by molar-refractivity contribution is 6.31. The maximum absolute atomic E-state index is 11.1. The summed E-state index contributed by atoms with van der Waals surface area (Å²) in [4.78, 5) is 11.1. The first-order valence-electron chi connectivity index (χ1n) is 5.17. The van der Waals surface area contributed by atoms with Crippen LogP contribution in [0.1, 0.15) is 12.5 Å². The van der Waals surface area contributed by atoms with Gasteiger partial charge in [0.1, 0.15) is 0 Å². The van der Waals surface area contributed by atoms with Crippen LogP contribution in [0.25, 0.3) is 0 Å². The van der Waals surface area contributed by atoms with Gasteiger partial charge in [-0.1, -0.05) is 36.7 Å². The summed E-state index contributed by atoms with van der Waals surface area (Å²) in [6.07, 6.45) is 0. The molecule has 0 aromatic heterocycles. The molecule has 1 aromatic carbocycles. The van der Waals surface area contributed by atoms with Crippen molar-refractivity contribution < 1.29 is 9.53 Å². The molecule has 0 bridgehead atoms. The van der Waals surface area contributed by atoms with Crippen LogP contribution in [0.3, 0.4) is 0 Å². The number of carbonyl (C=O) groups excluding carboxylic acids is 1. The third kappa shape index (κ3) is 3.83. The standard InChI is InChI=1S/C12H16ClNO2/c1-9(12(15)16-2)7-14-8-10-5-3-4-6-11(10)13/h3-6,9,14H,7-8H2,1-2H3. The molecule has 1 atom stereocenters. The molecule has 0 aliphatic carbocycles. The molecular weight excluding hydrogens is 226 g/mol. The smallest absolute Gasteiger partial charge is 0.309 e. The summed E-state index contributed by atoms with van der Waals surface area (Å²) in [5, 5.41) is 3.91. The van der Waals surface area contributed by atoms with Gasteiger partial charge < -0.3 is 10.1 Å².